The average molecular weight is 458 g/mol. The fraction of sp³-hybridized carbons (Fsp3) is 0.429. The van der Waals surface area contributed by atoms with E-state index in [-0.39, 0.29) is 10.6 Å². The first-order valence-electron chi connectivity index (χ1n) is 8.94. The Morgan fingerprint density at radius 3 is 2.63 bits per heavy atom. The number of likely N-dealkylation sites (N-methyl/N-ethyl adjacent to an activating group) is 1. The summed E-state index contributed by atoms with van der Waals surface area (Å²) in [7, 11) is 1.99. The fourth-order valence-corrected chi connectivity index (χ4v) is 3.62. The maximum atomic E-state index is 13.6. The molecule has 0 saturated carbocycles. The highest BCUT2D eigenvalue weighted by atomic mass is 79.9. The highest BCUT2D eigenvalue weighted by molar-refractivity contribution is 9.10. The van der Waals surface area contributed by atoms with Crippen LogP contribution < -0.4 is 5.32 Å². The van der Waals surface area contributed by atoms with Gasteiger partial charge in [-0.15, -0.1) is 0 Å². The van der Waals surface area contributed by atoms with Crippen LogP contribution in [0, 0.1) is 5.82 Å². The summed E-state index contributed by atoms with van der Waals surface area (Å²) in [5.41, 5.74) is 1.79. The van der Waals surface area contributed by atoms with E-state index in [1.165, 1.54) is 11.6 Å². The van der Waals surface area contributed by atoms with Crippen molar-refractivity contribution < 1.29 is 9.50 Å². The highest BCUT2D eigenvalue weighted by Gasteiger charge is 2.20. The zero-order valence-corrected chi connectivity index (χ0v) is 18.3. The van der Waals surface area contributed by atoms with Crippen molar-refractivity contribution in [2.75, 3.05) is 20.1 Å². The molecule has 3 nitrogen and oxygen atoms in total. The van der Waals surface area contributed by atoms with Gasteiger partial charge in [-0.2, -0.15) is 0 Å². The van der Waals surface area contributed by atoms with Gasteiger partial charge in [-0.25, -0.2) is 4.39 Å². The van der Waals surface area contributed by atoms with Crippen molar-refractivity contribution in [1.82, 2.24) is 10.2 Å². The quantitative estimate of drug-likeness (QED) is 0.575. The zero-order chi connectivity index (χ0) is 20.0. The number of halogens is 3. The number of rotatable bonds is 9. The van der Waals surface area contributed by atoms with Gasteiger partial charge in [0, 0.05) is 29.6 Å². The van der Waals surface area contributed by atoms with E-state index in [4.69, 9.17) is 11.6 Å². The molecular formula is C21H27BrClFN2O. The largest absolute Gasteiger partial charge is 0.390 e. The molecule has 0 unspecified atom stereocenters. The molecule has 0 radical (unpaired) electrons. The molecule has 0 aliphatic heterocycles. The molecule has 0 aliphatic rings. The average Bonchev–Trinajstić information content (AvgIpc) is 2.56. The summed E-state index contributed by atoms with van der Waals surface area (Å²) in [5, 5.41) is 13.9. The Kier molecular flexibility index (Phi) is 8.25. The Morgan fingerprint density at radius 1 is 1.22 bits per heavy atom. The summed E-state index contributed by atoms with van der Waals surface area (Å²) in [4.78, 5) is 2.09. The van der Waals surface area contributed by atoms with Crippen LogP contribution in [0.15, 0.2) is 46.9 Å². The molecule has 6 heteroatoms. The maximum absolute atomic E-state index is 13.6. The van der Waals surface area contributed by atoms with Crippen molar-refractivity contribution in [1.29, 1.82) is 0 Å². The zero-order valence-electron chi connectivity index (χ0n) is 16.0. The molecule has 2 N–H and O–H groups in total. The Hall–Kier alpha value is -0.980. The van der Waals surface area contributed by atoms with E-state index < -0.39 is 11.9 Å². The van der Waals surface area contributed by atoms with Gasteiger partial charge < -0.3 is 10.4 Å². The summed E-state index contributed by atoms with van der Waals surface area (Å²) in [6, 6.07) is 13.0. The van der Waals surface area contributed by atoms with Crippen LogP contribution in [-0.4, -0.2) is 41.8 Å². The van der Waals surface area contributed by atoms with E-state index in [1.54, 1.807) is 6.07 Å². The molecule has 27 heavy (non-hydrogen) atoms. The molecule has 0 spiro atoms. The Bertz CT molecular complexity index is 757. The molecule has 2 aromatic rings. The van der Waals surface area contributed by atoms with Crippen molar-refractivity contribution in [3.63, 3.8) is 0 Å². The van der Waals surface area contributed by atoms with Gasteiger partial charge in [-0.3, -0.25) is 4.90 Å². The SMILES string of the molecule is CN(Cc1cccc(Br)c1)C[C@H](O)CNC(C)(C)Cc1ccc(Cl)c(F)c1. The van der Waals surface area contributed by atoms with Crippen LogP contribution >= 0.6 is 27.5 Å². The molecular weight excluding hydrogens is 431 g/mol. The number of hydrogen-bond acceptors (Lipinski definition) is 3. The topological polar surface area (TPSA) is 35.5 Å². The number of nitrogens with one attached hydrogen (secondary N) is 1. The van der Waals surface area contributed by atoms with Crippen LogP contribution in [0.25, 0.3) is 0 Å². The van der Waals surface area contributed by atoms with Gasteiger partial charge in [0.1, 0.15) is 5.82 Å². The third kappa shape index (κ3) is 7.88. The van der Waals surface area contributed by atoms with Gasteiger partial charge in [-0.1, -0.05) is 45.7 Å². The fourth-order valence-electron chi connectivity index (χ4n) is 3.05. The second kappa shape index (κ2) is 9.99. The summed E-state index contributed by atoms with van der Waals surface area (Å²) < 4.78 is 14.7. The number of benzene rings is 2. The monoisotopic (exact) mass is 456 g/mol. The number of hydrogen-bond donors (Lipinski definition) is 2. The second-order valence-electron chi connectivity index (χ2n) is 7.67. The first kappa shape index (κ1) is 22.3. The number of aliphatic hydroxyl groups excluding tert-OH is 1. The first-order chi connectivity index (χ1) is 12.6. The van der Waals surface area contributed by atoms with Gasteiger partial charge in [0.05, 0.1) is 11.1 Å². The molecule has 0 saturated heterocycles. The van der Waals surface area contributed by atoms with Crippen LogP contribution in [0.3, 0.4) is 0 Å². The third-order valence-electron chi connectivity index (χ3n) is 4.31. The van der Waals surface area contributed by atoms with E-state index in [1.807, 2.05) is 39.1 Å². The van der Waals surface area contributed by atoms with Gasteiger partial charge >= 0.3 is 0 Å². The van der Waals surface area contributed by atoms with E-state index >= 15 is 0 Å². The molecule has 148 valence electrons. The van der Waals surface area contributed by atoms with Crippen molar-refractivity contribution >= 4 is 27.5 Å². The lowest BCUT2D eigenvalue weighted by Crippen LogP contribution is -2.47. The van der Waals surface area contributed by atoms with Crippen molar-refractivity contribution in [3.05, 3.63) is 68.9 Å². The summed E-state index contributed by atoms with van der Waals surface area (Å²) in [6.45, 7) is 5.87. The van der Waals surface area contributed by atoms with Gasteiger partial charge in [0.25, 0.3) is 0 Å². The third-order valence-corrected chi connectivity index (χ3v) is 5.11. The van der Waals surface area contributed by atoms with Crippen LogP contribution in [0.5, 0.6) is 0 Å². The standard InChI is InChI=1S/C21H27BrClFN2O/c1-21(2,11-15-7-8-19(23)20(24)10-15)25-12-18(27)14-26(3)13-16-5-4-6-17(22)9-16/h4-10,18,25,27H,11-14H2,1-3H3/t18-/m1/s1. The lowest BCUT2D eigenvalue weighted by Gasteiger charge is -2.29. The van der Waals surface area contributed by atoms with Crippen molar-refractivity contribution in [3.8, 4) is 0 Å². The first-order valence-corrected chi connectivity index (χ1v) is 10.1. The molecule has 0 amide bonds. The number of aliphatic hydroxyl groups is 1. The Labute approximate surface area is 174 Å². The van der Waals surface area contributed by atoms with Crippen molar-refractivity contribution in [2.24, 2.45) is 0 Å². The number of β-amino-alcohol motifs (C(OH)–C–C–N with tert-alkyl or cyclic N) is 1. The Balaban J connectivity index is 1.80. The minimum absolute atomic E-state index is 0.133. The van der Waals surface area contributed by atoms with E-state index in [9.17, 15) is 9.50 Å². The number of nitrogens with zero attached hydrogens (tertiary/aromatic N) is 1. The van der Waals surface area contributed by atoms with Crippen molar-refractivity contribution in [2.45, 2.75) is 38.5 Å². The van der Waals surface area contributed by atoms with Gasteiger partial charge in [0.2, 0.25) is 0 Å². The molecule has 0 aliphatic carbocycles. The predicted molar refractivity (Wildman–Crippen MR) is 114 cm³/mol. The molecule has 0 heterocycles. The molecule has 0 bridgehead atoms. The smallest absolute Gasteiger partial charge is 0.142 e. The minimum atomic E-state index is -0.497. The molecule has 0 fully saturated rings. The van der Waals surface area contributed by atoms with E-state index in [0.717, 1.165) is 16.6 Å². The van der Waals surface area contributed by atoms with Crippen LogP contribution in [0.2, 0.25) is 5.02 Å². The molecule has 2 aromatic carbocycles. The Morgan fingerprint density at radius 2 is 1.96 bits per heavy atom. The molecule has 1 atom stereocenters. The summed E-state index contributed by atoms with van der Waals surface area (Å²) in [6.07, 6.45) is 0.144. The maximum Gasteiger partial charge on any atom is 0.142 e. The van der Waals surface area contributed by atoms with Gasteiger partial charge in [-0.05, 0) is 62.7 Å². The van der Waals surface area contributed by atoms with Crippen LogP contribution in [0.4, 0.5) is 4.39 Å². The van der Waals surface area contributed by atoms with Gasteiger partial charge in [0.15, 0.2) is 0 Å². The van der Waals surface area contributed by atoms with E-state index in [2.05, 4.69) is 38.3 Å². The summed E-state index contributed by atoms with van der Waals surface area (Å²) in [5.74, 6) is -0.404. The second-order valence-corrected chi connectivity index (χ2v) is 8.99. The lowest BCUT2D eigenvalue weighted by atomic mass is 9.94. The lowest BCUT2D eigenvalue weighted by molar-refractivity contribution is 0.113. The minimum Gasteiger partial charge on any atom is -0.390 e. The summed E-state index contributed by atoms with van der Waals surface area (Å²) >= 11 is 9.22. The van der Waals surface area contributed by atoms with Crippen LogP contribution in [0.1, 0.15) is 25.0 Å². The normalized spacial score (nSPS) is 13.2. The predicted octanol–water partition coefficient (Wildman–Crippen LogP) is 4.65. The molecule has 2 rings (SSSR count). The highest BCUT2D eigenvalue weighted by Crippen LogP contribution is 2.19. The van der Waals surface area contributed by atoms with Crippen LogP contribution in [-0.2, 0) is 13.0 Å². The van der Waals surface area contributed by atoms with E-state index in [0.29, 0.717) is 19.5 Å². The molecule has 0 aromatic heterocycles.